The number of nitrogens with one attached hydrogen (secondary N) is 2. The smallest absolute Gasteiger partial charge is 0.253 e. The van der Waals surface area contributed by atoms with Crippen LogP contribution in [-0.4, -0.2) is 23.0 Å². The first kappa shape index (κ1) is 17.7. The molecule has 0 aliphatic rings. The Balaban J connectivity index is 1.72. The Hall–Kier alpha value is -3.12. The molecule has 0 saturated heterocycles. The van der Waals surface area contributed by atoms with Crippen LogP contribution in [0, 0.1) is 0 Å². The number of ether oxygens (including phenoxy) is 1. The Morgan fingerprint density at radius 3 is 2.85 bits per heavy atom. The summed E-state index contributed by atoms with van der Waals surface area (Å²) in [6.45, 7) is 0.347. The third kappa shape index (κ3) is 4.49. The summed E-state index contributed by atoms with van der Waals surface area (Å²) in [5.74, 6) is 0.407. The zero-order valence-electron chi connectivity index (χ0n) is 14.1. The summed E-state index contributed by atoms with van der Waals surface area (Å²) >= 11 is 6.04. The summed E-state index contributed by atoms with van der Waals surface area (Å²) < 4.78 is 5.31. The molecular formula is C19H17ClN4O2. The monoisotopic (exact) mass is 368 g/mol. The maximum absolute atomic E-state index is 12.3. The van der Waals surface area contributed by atoms with Crippen molar-refractivity contribution in [3.63, 3.8) is 0 Å². The molecule has 2 aromatic heterocycles. The van der Waals surface area contributed by atoms with Crippen molar-refractivity contribution in [3.8, 4) is 5.75 Å². The number of carbonyl (C=O) groups is 1. The quantitative estimate of drug-likeness (QED) is 0.691. The number of nitrogens with zero attached hydrogens (tertiary/aromatic N) is 2. The summed E-state index contributed by atoms with van der Waals surface area (Å²) in [7, 11) is 1.58. The van der Waals surface area contributed by atoms with Crippen LogP contribution in [0.3, 0.4) is 0 Å². The number of hydrogen-bond donors (Lipinski definition) is 2. The zero-order chi connectivity index (χ0) is 18.4. The topological polar surface area (TPSA) is 76.1 Å². The van der Waals surface area contributed by atoms with Gasteiger partial charge in [0.25, 0.3) is 5.91 Å². The van der Waals surface area contributed by atoms with E-state index in [9.17, 15) is 4.79 Å². The molecular weight excluding hydrogens is 352 g/mol. The molecule has 0 spiro atoms. The minimum atomic E-state index is -0.232. The lowest BCUT2D eigenvalue weighted by atomic mass is 10.2. The van der Waals surface area contributed by atoms with Gasteiger partial charge in [0, 0.05) is 17.4 Å². The van der Waals surface area contributed by atoms with Crippen LogP contribution in [0.4, 0.5) is 11.4 Å². The summed E-state index contributed by atoms with van der Waals surface area (Å²) in [6.07, 6.45) is 4.82. The van der Waals surface area contributed by atoms with E-state index in [0.717, 1.165) is 5.69 Å². The van der Waals surface area contributed by atoms with Gasteiger partial charge in [-0.2, -0.15) is 0 Å². The van der Waals surface area contributed by atoms with Gasteiger partial charge >= 0.3 is 0 Å². The predicted molar refractivity (Wildman–Crippen MR) is 101 cm³/mol. The van der Waals surface area contributed by atoms with Gasteiger partial charge in [0.15, 0.2) is 0 Å². The lowest BCUT2D eigenvalue weighted by Gasteiger charge is -2.12. The lowest BCUT2D eigenvalue weighted by Crippen LogP contribution is -2.23. The van der Waals surface area contributed by atoms with Crippen LogP contribution >= 0.6 is 11.6 Å². The molecule has 2 N–H and O–H groups in total. The molecule has 2 heterocycles. The fraction of sp³-hybridized carbons (Fsp3) is 0.105. The minimum absolute atomic E-state index is 0.232. The van der Waals surface area contributed by atoms with E-state index in [1.54, 1.807) is 43.8 Å². The molecule has 0 bridgehead atoms. The number of amides is 1. The van der Waals surface area contributed by atoms with Crippen molar-refractivity contribution in [2.24, 2.45) is 0 Å². The Bertz CT molecular complexity index is 903. The van der Waals surface area contributed by atoms with Crippen LogP contribution in [0.5, 0.6) is 5.75 Å². The SMILES string of the molecule is COc1ccc(Cl)cc1Nc1cncc(C(=O)NCc2ccccn2)c1. The zero-order valence-corrected chi connectivity index (χ0v) is 14.8. The van der Waals surface area contributed by atoms with E-state index in [2.05, 4.69) is 20.6 Å². The molecule has 1 aromatic carbocycles. The Morgan fingerprint density at radius 2 is 2.08 bits per heavy atom. The van der Waals surface area contributed by atoms with E-state index in [-0.39, 0.29) is 5.91 Å². The molecule has 0 unspecified atom stereocenters. The Labute approximate surface area is 156 Å². The number of aromatic nitrogens is 2. The predicted octanol–water partition coefficient (Wildman–Crippen LogP) is 3.81. The maximum atomic E-state index is 12.3. The van der Waals surface area contributed by atoms with Gasteiger partial charge in [-0.05, 0) is 36.4 Å². The van der Waals surface area contributed by atoms with Crippen LogP contribution in [0.15, 0.2) is 61.1 Å². The third-order valence-corrected chi connectivity index (χ3v) is 3.83. The van der Waals surface area contributed by atoms with E-state index in [1.807, 2.05) is 18.2 Å². The van der Waals surface area contributed by atoms with Crippen LogP contribution in [0.1, 0.15) is 16.1 Å². The van der Waals surface area contributed by atoms with Crippen molar-refractivity contribution in [2.75, 3.05) is 12.4 Å². The van der Waals surface area contributed by atoms with E-state index in [0.29, 0.717) is 34.3 Å². The van der Waals surface area contributed by atoms with Crippen molar-refractivity contribution in [3.05, 3.63) is 77.3 Å². The number of methoxy groups -OCH3 is 1. The van der Waals surface area contributed by atoms with Gasteiger partial charge < -0.3 is 15.4 Å². The number of rotatable bonds is 6. The number of pyridine rings is 2. The molecule has 132 valence electrons. The molecule has 0 radical (unpaired) electrons. The molecule has 0 atom stereocenters. The first-order valence-electron chi connectivity index (χ1n) is 7.89. The fourth-order valence-corrected chi connectivity index (χ4v) is 2.51. The van der Waals surface area contributed by atoms with Crippen LogP contribution < -0.4 is 15.4 Å². The molecule has 0 fully saturated rings. The van der Waals surface area contributed by atoms with E-state index in [1.165, 1.54) is 6.20 Å². The number of halogens is 1. The summed E-state index contributed by atoms with van der Waals surface area (Å²) in [6, 6.07) is 12.5. The molecule has 1 amide bonds. The Kier molecular flexibility index (Phi) is 5.66. The van der Waals surface area contributed by atoms with Crippen LogP contribution in [-0.2, 0) is 6.54 Å². The second kappa shape index (κ2) is 8.31. The average Bonchev–Trinajstić information content (AvgIpc) is 2.67. The van der Waals surface area contributed by atoms with E-state index >= 15 is 0 Å². The standard InChI is InChI=1S/C19H17ClN4O2/c1-26-18-6-5-14(20)9-17(18)24-16-8-13(10-21-11-16)19(25)23-12-15-4-2-3-7-22-15/h2-11,24H,12H2,1H3,(H,23,25). The average molecular weight is 369 g/mol. The number of carbonyl (C=O) groups excluding carboxylic acids is 1. The van der Waals surface area contributed by atoms with Gasteiger partial charge in [0.2, 0.25) is 0 Å². The molecule has 0 aliphatic heterocycles. The van der Waals surface area contributed by atoms with Gasteiger partial charge in [-0.1, -0.05) is 17.7 Å². The van der Waals surface area contributed by atoms with Crippen molar-refractivity contribution < 1.29 is 9.53 Å². The maximum Gasteiger partial charge on any atom is 0.253 e. The normalized spacial score (nSPS) is 10.2. The van der Waals surface area contributed by atoms with Crippen LogP contribution in [0.25, 0.3) is 0 Å². The van der Waals surface area contributed by atoms with Gasteiger partial charge in [0.05, 0.1) is 42.5 Å². The molecule has 3 rings (SSSR count). The van der Waals surface area contributed by atoms with E-state index < -0.39 is 0 Å². The fourth-order valence-electron chi connectivity index (χ4n) is 2.34. The van der Waals surface area contributed by atoms with Gasteiger partial charge in [-0.3, -0.25) is 14.8 Å². The lowest BCUT2D eigenvalue weighted by molar-refractivity contribution is 0.0950. The van der Waals surface area contributed by atoms with E-state index in [4.69, 9.17) is 16.3 Å². The van der Waals surface area contributed by atoms with Gasteiger partial charge in [-0.25, -0.2) is 0 Å². The van der Waals surface area contributed by atoms with Gasteiger partial charge in [-0.15, -0.1) is 0 Å². The third-order valence-electron chi connectivity index (χ3n) is 3.60. The molecule has 7 heteroatoms. The molecule has 0 saturated carbocycles. The highest BCUT2D eigenvalue weighted by Crippen LogP contribution is 2.30. The second-order valence-electron chi connectivity index (χ2n) is 5.44. The van der Waals surface area contributed by atoms with Crippen molar-refractivity contribution in [1.82, 2.24) is 15.3 Å². The Morgan fingerprint density at radius 1 is 1.19 bits per heavy atom. The molecule has 0 aliphatic carbocycles. The highest BCUT2D eigenvalue weighted by Gasteiger charge is 2.09. The minimum Gasteiger partial charge on any atom is -0.495 e. The number of hydrogen-bond acceptors (Lipinski definition) is 5. The molecule has 3 aromatic rings. The van der Waals surface area contributed by atoms with Crippen molar-refractivity contribution >= 4 is 28.9 Å². The largest absolute Gasteiger partial charge is 0.495 e. The molecule has 6 nitrogen and oxygen atoms in total. The van der Waals surface area contributed by atoms with Crippen LogP contribution in [0.2, 0.25) is 5.02 Å². The first-order valence-corrected chi connectivity index (χ1v) is 8.27. The van der Waals surface area contributed by atoms with Crippen molar-refractivity contribution in [2.45, 2.75) is 6.54 Å². The summed E-state index contributed by atoms with van der Waals surface area (Å²) in [5.41, 5.74) is 2.56. The summed E-state index contributed by atoms with van der Waals surface area (Å²) in [4.78, 5) is 20.6. The highest BCUT2D eigenvalue weighted by molar-refractivity contribution is 6.31. The highest BCUT2D eigenvalue weighted by atomic mass is 35.5. The molecule has 26 heavy (non-hydrogen) atoms. The van der Waals surface area contributed by atoms with Gasteiger partial charge in [0.1, 0.15) is 5.75 Å². The second-order valence-corrected chi connectivity index (χ2v) is 5.87. The number of anilines is 2. The van der Waals surface area contributed by atoms with Crippen molar-refractivity contribution in [1.29, 1.82) is 0 Å². The number of benzene rings is 1. The first-order chi connectivity index (χ1) is 12.7. The summed E-state index contributed by atoms with van der Waals surface area (Å²) in [5, 5.41) is 6.57.